The van der Waals surface area contributed by atoms with Crippen LogP contribution in [0.1, 0.15) is 5.56 Å². The van der Waals surface area contributed by atoms with Gasteiger partial charge in [0, 0.05) is 16.4 Å². The van der Waals surface area contributed by atoms with Crippen LogP contribution in [0.15, 0.2) is 71.0 Å². The Labute approximate surface area is 139 Å². The molecule has 4 heteroatoms. The van der Waals surface area contributed by atoms with Crippen molar-refractivity contribution in [1.82, 2.24) is 0 Å². The van der Waals surface area contributed by atoms with Crippen LogP contribution in [0.2, 0.25) is 0 Å². The topological polar surface area (TPSA) is 9.23 Å². The summed E-state index contributed by atoms with van der Waals surface area (Å²) in [4.78, 5) is 1.32. The lowest BCUT2D eigenvalue weighted by atomic mass is 10.2. The fraction of sp³-hybridized carbons (Fsp3) is 0.176. The molecule has 0 heterocycles. The molecule has 0 fully saturated rings. The number of ether oxygens (including phenoxy) is 1. The van der Waals surface area contributed by atoms with Gasteiger partial charge in [-0.25, -0.2) is 0 Å². The Morgan fingerprint density at radius 2 is 1.76 bits per heavy atom. The van der Waals surface area contributed by atoms with Gasteiger partial charge in [-0.15, -0.1) is 11.8 Å². The second-order valence-corrected chi connectivity index (χ2v) is 7.57. The molecule has 0 spiro atoms. The number of methoxy groups -OCH3 is 1. The molecule has 2 aromatic carbocycles. The van der Waals surface area contributed by atoms with Gasteiger partial charge in [-0.1, -0.05) is 58.0 Å². The van der Waals surface area contributed by atoms with Crippen molar-refractivity contribution in [2.75, 3.05) is 12.9 Å². The Morgan fingerprint density at radius 1 is 1.00 bits per heavy atom. The zero-order valence-corrected chi connectivity index (χ0v) is 14.3. The zero-order chi connectivity index (χ0) is 14.8. The van der Waals surface area contributed by atoms with Gasteiger partial charge >= 0.3 is 0 Å². The van der Waals surface area contributed by atoms with E-state index in [4.69, 9.17) is 4.74 Å². The smallest absolute Gasteiger partial charge is 0.118 e. The largest absolute Gasteiger partial charge is 0.497 e. The highest BCUT2D eigenvalue weighted by Gasteiger charge is 1.94. The molecule has 2 aromatic rings. The van der Waals surface area contributed by atoms with E-state index in [2.05, 4.69) is 47.9 Å². The van der Waals surface area contributed by atoms with Crippen molar-refractivity contribution in [2.45, 2.75) is 10.6 Å². The molecule has 0 atom stereocenters. The van der Waals surface area contributed by atoms with Crippen LogP contribution in [0.4, 0.5) is 0 Å². The Hall–Kier alpha value is -0.970. The van der Waals surface area contributed by atoms with E-state index in [9.17, 15) is 0 Å². The van der Waals surface area contributed by atoms with Crippen molar-refractivity contribution in [1.29, 1.82) is 0 Å². The van der Waals surface area contributed by atoms with Crippen LogP contribution < -0.4 is 4.74 Å². The number of hydrogen-bond donors (Lipinski definition) is 0. The lowest BCUT2D eigenvalue weighted by Crippen LogP contribution is -1.83. The molecule has 0 radical (unpaired) electrons. The maximum absolute atomic E-state index is 5.15. The van der Waals surface area contributed by atoms with Gasteiger partial charge in [0.25, 0.3) is 0 Å². The molecule has 0 unspecified atom stereocenters. The van der Waals surface area contributed by atoms with Crippen LogP contribution in [-0.2, 0) is 5.75 Å². The zero-order valence-electron chi connectivity index (χ0n) is 11.9. The van der Waals surface area contributed by atoms with Crippen molar-refractivity contribution >= 4 is 33.3 Å². The predicted molar refractivity (Wildman–Crippen MR) is 98.2 cm³/mol. The van der Waals surface area contributed by atoms with E-state index in [1.807, 2.05) is 40.8 Å². The summed E-state index contributed by atoms with van der Waals surface area (Å²) in [5, 5.41) is 2.17. The monoisotopic (exact) mass is 334 g/mol. The van der Waals surface area contributed by atoms with Gasteiger partial charge < -0.3 is 4.74 Å². The number of hydrogen-bond acceptors (Lipinski definition) is 4. The first-order valence-electron chi connectivity index (χ1n) is 6.62. The van der Waals surface area contributed by atoms with Gasteiger partial charge in [-0.2, -0.15) is 0 Å². The number of rotatable bonds is 8. The average Bonchev–Trinajstić information content (AvgIpc) is 2.55. The first kappa shape index (κ1) is 16.4. The van der Waals surface area contributed by atoms with Crippen molar-refractivity contribution in [3.8, 4) is 5.75 Å². The quantitative estimate of drug-likeness (QED) is 0.338. The molecule has 0 aliphatic heterocycles. The maximum Gasteiger partial charge on any atom is 0.118 e. The molecule has 0 aromatic heterocycles. The summed E-state index contributed by atoms with van der Waals surface area (Å²) in [5.41, 5.74) is 1.32. The van der Waals surface area contributed by atoms with E-state index in [1.54, 1.807) is 17.9 Å². The van der Waals surface area contributed by atoms with Gasteiger partial charge in [0.2, 0.25) is 0 Å². The third-order valence-corrected chi connectivity index (χ3v) is 5.64. The SMILES string of the molecule is COc1ccc(CSS/C=C\CSc2ccccc2)cc1. The summed E-state index contributed by atoms with van der Waals surface area (Å²) >= 11 is 1.86. The Bertz CT molecular complexity index is 538. The molecule has 0 amide bonds. The van der Waals surface area contributed by atoms with Crippen molar-refractivity contribution < 1.29 is 4.74 Å². The lowest BCUT2D eigenvalue weighted by Gasteiger charge is -2.01. The van der Waals surface area contributed by atoms with Crippen LogP contribution in [-0.4, -0.2) is 12.9 Å². The molecule has 0 saturated carbocycles. The highest BCUT2D eigenvalue weighted by Crippen LogP contribution is 2.28. The Morgan fingerprint density at radius 3 is 2.48 bits per heavy atom. The minimum atomic E-state index is 0.911. The number of benzene rings is 2. The van der Waals surface area contributed by atoms with E-state index < -0.39 is 0 Å². The molecule has 1 nitrogen and oxygen atoms in total. The summed E-state index contributed by atoms with van der Waals surface area (Å²) in [6, 6.07) is 18.7. The molecule has 2 rings (SSSR count). The number of thioether (sulfide) groups is 1. The van der Waals surface area contributed by atoms with Crippen LogP contribution in [0.3, 0.4) is 0 Å². The van der Waals surface area contributed by atoms with E-state index >= 15 is 0 Å². The van der Waals surface area contributed by atoms with Crippen LogP contribution in [0.5, 0.6) is 5.75 Å². The van der Waals surface area contributed by atoms with E-state index in [-0.39, 0.29) is 0 Å². The van der Waals surface area contributed by atoms with Crippen molar-refractivity contribution in [2.24, 2.45) is 0 Å². The Kier molecular flexibility index (Phi) is 7.71. The third-order valence-electron chi connectivity index (χ3n) is 2.69. The second-order valence-electron chi connectivity index (χ2n) is 4.20. The minimum Gasteiger partial charge on any atom is -0.497 e. The standard InChI is InChI=1S/C17H18OS3/c1-18-16-10-8-15(9-11-16)14-21-20-13-5-12-19-17-6-3-2-4-7-17/h2-11,13H,12,14H2,1H3/b13-5-. The summed E-state index contributed by atoms with van der Waals surface area (Å²) in [7, 11) is 5.32. The lowest BCUT2D eigenvalue weighted by molar-refractivity contribution is 0.414. The fourth-order valence-electron chi connectivity index (χ4n) is 1.60. The summed E-state index contributed by atoms with van der Waals surface area (Å²) in [6.45, 7) is 0. The van der Waals surface area contributed by atoms with Crippen LogP contribution >= 0.6 is 33.3 Å². The van der Waals surface area contributed by atoms with Crippen LogP contribution in [0, 0.1) is 0 Å². The molecule has 0 aliphatic rings. The van der Waals surface area contributed by atoms with E-state index in [1.165, 1.54) is 10.5 Å². The van der Waals surface area contributed by atoms with Gasteiger partial charge in [-0.3, -0.25) is 0 Å². The second kappa shape index (κ2) is 9.87. The first-order valence-corrected chi connectivity index (χ1v) is 9.99. The predicted octanol–water partition coefficient (Wildman–Crippen LogP) is 5.88. The maximum atomic E-state index is 5.15. The summed E-state index contributed by atoms with van der Waals surface area (Å²) < 4.78 is 5.15. The van der Waals surface area contributed by atoms with Crippen molar-refractivity contribution in [3.63, 3.8) is 0 Å². The third kappa shape index (κ3) is 6.55. The van der Waals surface area contributed by atoms with Gasteiger partial charge in [0.15, 0.2) is 0 Å². The van der Waals surface area contributed by atoms with E-state index in [0.29, 0.717) is 0 Å². The average molecular weight is 335 g/mol. The molecule has 0 aliphatic carbocycles. The first-order chi connectivity index (χ1) is 10.4. The molecule has 0 bridgehead atoms. The molecule has 0 saturated heterocycles. The molecule has 21 heavy (non-hydrogen) atoms. The fourth-order valence-corrected chi connectivity index (χ4v) is 4.19. The minimum absolute atomic E-state index is 0.911. The molecule has 110 valence electrons. The van der Waals surface area contributed by atoms with Crippen LogP contribution in [0.25, 0.3) is 0 Å². The molecule has 0 N–H and O–H groups in total. The van der Waals surface area contributed by atoms with Gasteiger partial charge in [0.05, 0.1) is 7.11 Å². The molecular formula is C17H18OS3. The summed E-state index contributed by atoms with van der Waals surface area (Å²) in [6.07, 6.45) is 2.21. The van der Waals surface area contributed by atoms with Gasteiger partial charge in [-0.05, 0) is 35.2 Å². The Balaban J connectivity index is 1.59. The normalized spacial score (nSPS) is 10.9. The van der Waals surface area contributed by atoms with E-state index in [0.717, 1.165) is 17.3 Å². The highest BCUT2D eigenvalue weighted by molar-refractivity contribution is 8.77. The molecular weight excluding hydrogens is 316 g/mol. The summed E-state index contributed by atoms with van der Waals surface area (Å²) in [5.74, 6) is 2.93. The highest BCUT2D eigenvalue weighted by atomic mass is 33.1. The van der Waals surface area contributed by atoms with Crippen molar-refractivity contribution in [3.05, 3.63) is 71.6 Å². The van der Waals surface area contributed by atoms with Gasteiger partial charge in [0.1, 0.15) is 5.75 Å².